The second kappa shape index (κ2) is 7.33. The van der Waals surface area contributed by atoms with Crippen LogP contribution in [0, 0.1) is 13.8 Å². The molecule has 0 saturated heterocycles. The molecule has 0 saturated carbocycles. The van der Waals surface area contributed by atoms with Gasteiger partial charge < -0.3 is 14.6 Å². The zero-order chi connectivity index (χ0) is 18.8. The lowest BCUT2D eigenvalue weighted by atomic mass is 10.1. The number of rotatable bonds is 5. The maximum absolute atomic E-state index is 13.1. The normalized spacial score (nSPS) is 12.2. The maximum Gasteiger partial charge on any atom is 0.354 e. The number of carbonyl (C=O) groups is 2. The highest BCUT2D eigenvalue weighted by Gasteiger charge is 2.27. The second-order valence-electron chi connectivity index (χ2n) is 6.25. The standard InChI is InChI=1S/C20H22N2O3S/c1-5-15(18(23)21-17-12(2)7-6-8-13(17)3)22-16(20(24)25-4)11-14-9-10-26-19(14)22/h6-11,15H,5H2,1-4H3,(H,21,23). The van der Waals surface area contributed by atoms with E-state index < -0.39 is 12.0 Å². The first kappa shape index (κ1) is 18.2. The van der Waals surface area contributed by atoms with E-state index in [1.807, 2.05) is 50.4 Å². The van der Waals surface area contributed by atoms with Crippen molar-refractivity contribution in [2.75, 3.05) is 12.4 Å². The lowest BCUT2D eigenvalue weighted by Crippen LogP contribution is -2.28. The number of aromatic nitrogens is 1. The van der Waals surface area contributed by atoms with Gasteiger partial charge in [0.05, 0.1) is 7.11 Å². The Morgan fingerprint density at radius 1 is 1.23 bits per heavy atom. The molecule has 2 heterocycles. The van der Waals surface area contributed by atoms with Crippen LogP contribution >= 0.6 is 11.3 Å². The number of thiophene rings is 1. The van der Waals surface area contributed by atoms with Gasteiger partial charge in [-0.2, -0.15) is 0 Å². The number of carbonyl (C=O) groups excluding carboxylic acids is 2. The van der Waals surface area contributed by atoms with Crippen LogP contribution in [0.15, 0.2) is 35.7 Å². The SMILES string of the molecule is CCC(C(=O)Nc1c(C)cccc1C)n1c(C(=O)OC)cc2ccsc21. The fourth-order valence-electron chi connectivity index (χ4n) is 3.22. The Balaban J connectivity index is 2.03. The van der Waals surface area contributed by atoms with Crippen LogP contribution < -0.4 is 5.32 Å². The summed E-state index contributed by atoms with van der Waals surface area (Å²) in [5.41, 5.74) is 3.24. The van der Waals surface area contributed by atoms with E-state index in [1.54, 1.807) is 10.6 Å². The summed E-state index contributed by atoms with van der Waals surface area (Å²) in [4.78, 5) is 26.2. The molecule has 1 amide bonds. The van der Waals surface area contributed by atoms with Crippen LogP contribution in [-0.4, -0.2) is 23.6 Å². The largest absolute Gasteiger partial charge is 0.464 e. The molecule has 2 aromatic heterocycles. The Hall–Kier alpha value is -2.60. The number of nitrogens with zero attached hydrogens (tertiary/aromatic N) is 1. The van der Waals surface area contributed by atoms with Crippen molar-refractivity contribution < 1.29 is 14.3 Å². The molecular weight excluding hydrogens is 348 g/mol. The monoisotopic (exact) mass is 370 g/mol. The van der Waals surface area contributed by atoms with Crippen molar-refractivity contribution in [3.8, 4) is 0 Å². The molecule has 0 bridgehead atoms. The third-order valence-electron chi connectivity index (χ3n) is 4.57. The van der Waals surface area contributed by atoms with E-state index in [-0.39, 0.29) is 5.91 Å². The number of methoxy groups -OCH3 is 1. The molecule has 3 rings (SSSR count). The van der Waals surface area contributed by atoms with Gasteiger partial charge >= 0.3 is 5.97 Å². The van der Waals surface area contributed by atoms with Gasteiger partial charge in [-0.05, 0) is 48.9 Å². The molecule has 5 nitrogen and oxygen atoms in total. The van der Waals surface area contributed by atoms with E-state index in [0.717, 1.165) is 27.0 Å². The van der Waals surface area contributed by atoms with Crippen LogP contribution in [0.2, 0.25) is 0 Å². The lowest BCUT2D eigenvalue weighted by molar-refractivity contribution is -0.119. The average molecular weight is 370 g/mol. The van der Waals surface area contributed by atoms with Crippen molar-refractivity contribution in [3.63, 3.8) is 0 Å². The fraction of sp³-hybridized carbons (Fsp3) is 0.300. The summed E-state index contributed by atoms with van der Waals surface area (Å²) >= 11 is 1.51. The van der Waals surface area contributed by atoms with Crippen LogP contribution in [-0.2, 0) is 9.53 Å². The molecule has 6 heteroatoms. The van der Waals surface area contributed by atoms with Crippen LogP contribution in [0.5, 0.6) is 0 Å². The number of esters is 1. The second-order valence-corrected chi connectivity index (χ2v) is 7.15. The average Bonchev–Trinajstić information content (AvgIpc) is 3.20. The van der Waals surface area contributed by atoms with E-state index in [1.165, 1.54) is 18.4 Å². The number of hydrogen-bond donors (Lipinski definition) is 1. The Bertz CT molecular complexity index is 951. The van der Waals surface area contributed by atoms with Crippen LogP contribution in [0.3, 0.4) is 0 Å². The third-order valence-corrected chi connectivity index (χ3v) is 5.50. The predicted molar refractivity (Wildman–Crippen MR) is 105 cm³/mol. The van der Waals surface area contributed by atoms with Crippen LogP contribution in [0.25, 0.3) is 10.2 Å². The Morgan fingerprint density at radius 2 is 1.92 bits per heavy atom. The number of hydrogen-bond acceptors (Lipinski definition) is 4. The number of para-hydroxylation sites is 1. The highest BCUT2D eigenvalue weighted by molar-refractivity contribution is 7.16. The molecule has 0 fully saturated rings. The summed E-state index contributed by atoms with van der Waals surface area (Å²) in [5.74, 6) is -0.576. The Morgan fingerprint density at radius 3 is 2.54 bits per heavy atom. The Kier molecular flexibility index (Phi) is 5.13. The number of benzene rings is 1. The predicted octanol–water partition coefficient (Wildman–Crippen LogP) is 4.70. The molecule has 0 aliphatic rings. The number of fused-ring (bicyclic) bond motifs is 1. The summed E-state index contributed by atoms with van der Waals surface area (Å²) in [5, 5.41) is 5.95. The molecule has 0 spiro atoms. The maximum atomic E-state index is 13.1. The highest BCUT2D eigenvalue weighted by Crippen LogP contribution is 2.31. The van der Waals surface area contributed by atoms with Gasteiger partial charge in [-0.25, -0.2) is 4.79 Å². The molecule has 3 aromatic rings. The zero-order valence-electron chi connectivity index (χ0n) is 15.3. The zero-order valence-corrected chi connectivity index (χ0v) is 16.1. The first-order chi connectivity index (χ1) is 12.5. The summed E-state index contributed by atoms with van der Waals surface area (Å²) in [6.07, 6.45) is 0.558. The van der Waals surface area contributed by atoms with Gasteiger partial charge in [-0.15, -0.1) is 11.3 Å². The molecule has 136 valence electrons. The van der Waals surface area contributed by atoms with Gasteiger partial charge in [-0.1, -0.05) is 25.1 Å². The molecule has 26 heavy (non-hydrogen) atoms. The van der Waals surface area contributed by atoms with E-state index in [4.69, 9.17) is 4.74 Å². The molecule has 0 radical (unpaired) electrons. The smallest absolute Gasteiger partial charge is 0.354 e. The first-order valence-corrected chi connectivity index (χ1v) is 9.39. The molecule has 0 aliphatic heterocycles. The lowest BCUT2D eigenvalue weighted by Gasteiger charge is -2.21. The molecule has 1 atom stereocenters. The number of ether oxygens (including phenoxy) is 1. The molecule has 0 aliphatic carbocycles. The van der Waals surface area contributed by atoms with Gasteiger partial charge in [0.2, 0.25) is 5.91 Å². The minimum atomic E-state index is -0.501. The van der Waals surface area contributed by atoms with Crippen LogP contribution in [0.4, 0.5) is 5.69 Å². The van der Waals surface area contributed by atoms with Gasteiger partial charge in [0.15, 0.2) is 0 Å². The quantitative estimate of drug-likeness (QED) is 0.663. The molecule has 1 aromatic carbocycles. The van der Waals surface area contributed by atoms with Crippen molar-refractivity contribution in [1.29, 1.82) is 0 Å². The van der Waals surface area contributed by atoms with E-state index >= 15 is 0 Å². The van der Waals surface area contributed by atoms with Gasteiger partial charge in [-0.3, -0.25) is 4.79 Å². The highest BCUT2D eigenvalue weighted by atomic mass is 32.1. The van der Waals surface area contributed by atoms with Crippen molar-refractivity contribution in [2.45, 2.75) is 33.2 Å². The van der Waals surface area contributed by atoms with Gasteiger partial charge in [0, 0.05) is 11.1 Å². The minimum absolute atomic E-state index is 0.138. The van der Waals surface area contributed by atoms with Crippen molar-refractivity contribution in [2.24, 2.45) is 0 Å². The van der Waals surface area contributed by atoms with Gasteiger partial charge in [0.25, 0.3) is 0 Å². The molecule has 1 N–H and O–H groups in total. The topological polar surface area (TPSA) is 60.3 Å². The van der Waals surface area contributed by atoms with E-state index in [9.17, 15) is 9.59 Å². The minimum Gasteiger partial charge on any atom is -0.464 e. The number of nitrogens with one attached hydrogen (secondary N) is 1. The summed E-state index contributed by atoms with van der Waals surface area (Å²) in [6.45, 7) is 5.88. The summed E-state index contributed by atoms with van der Waals surface area (Å²) in [6, 6.07) is 9.13. The van der Waals surface area contributed by atoms with Crippen molar-refractivity contribution in [1.82, 2.24) is 4.57 Å². The van der Waals surface area contributed by atoms with Crippen molar-refractivity contribution >= 4 is 39.1 Å². The van der Waals surface area contributed by atoms with Gasteiger partial charge in [0.1, 0.15) is 16.6 Å². The molecular formula is C20H22N2O3S. The number of anilines is 1. The summed E-state index contributed by atoms with van der Waals surface area (Å²) in [7, 11) is 1.35. The van der Waals surface area contributed by atoms with Crippen molar-refractivity contribution in [3.05, 3.63) is 52.5 Å². The first-order valence-electron chi connectivity index (χ1n) is 8.51. The Labute approximate surface area is 156 Å². The molecule has 1 unspecified atom stereocenters. The van der Waals surface area contributed by atoms with E-state index in [0.29, 0.717) is 12.1 Å². The number of amides is 1. The summed E-state index contributed by atoms with van der Waals surface area (Å²) < 4.78 is 6.72. The third kappa shape index (κ3) is 3.12. The fourth-order valence-corrected chi connectivity index (χ4v) is 4.16. The number of aryl methyl sites for hydroxylation is 2. The van der Waals surface area contributed by atoms with Crippen LogP contribution in [0.1, 0.15) is 41.0 Å². The van der Waals surface area contributed by atoms with E-state index in [2.05, 4.69) is 5.32 Å².